The highest BCUT2D eigenvalue weighted by Gasteiger charge is 2.28. The van der Waals surface area contributed by atoms with Crippen molar-refractivity contribution in [3.8, 4) is 0 Å². The van der Waals surface area contributed by atoms with Gasteiger partial charge in [-0.05, 0) is 0 Å². The first-order valence-corrected chi connectivity index (χ1v) is 3.54. The second-order valence-electron chi connectivity index (χ2n) is 2.27. The molecule has 0 radical (unpaired) electrons. The van der Waals surface area contributed by atoms with Crippen molar-refractivity contribution in [2.45, 2.75) is 13.3 Å². The van der Waals surface area contributed by atoms with Crippen molar-refractivity contribution in [2.75, 3.05) is 6.54 Å². The van der Waals surface area contributed by atoms with Gasteiger partial charge in [-0.25, -0.2) is 0 Å². The Morgan fingerprint density at radius 1 is 1.42 bits per heavy atom. The lowest BCUT2D eigenvalue weighted by Gasteiger charge is -2.05. The Morgan fingerprint density at radius 3 is 2.17 bits per heavy atom. The van der Waals surface area contributed by atoms with Gasteiger partial charge in [0.25, 0.3) is 0 Å². The van der Waals surface area contributed by atoms with Crippen molar-refractivity contribution >= 4 is 17.5 Å². The van der Waals surface area contributed by atoms with Gasteiger partial charge in [-0.3, -0.25) is 14.4 Å². The molecule has 5 nitrogen and oxygen atoms in total. The van der Waals surface area contributed by atoms with Crippen LogP contribution in [0.2, 0.25) is 0 Å². The average molecular weight is 173 g/mol. The van der Waals surface area contributed by atoms with Crippen molar-refractivity contribution < 1.29 is 19.5 Å². The van der Waals surface area contributed by atoms with E-state index in [1.54, 1.807) is 0 Å². The first-order chi connectivity index (χ1) is 5.54. The van der Waals surface area contributed by atoms with E-state index < -0.39 is 23.5 Å². The third-order valence-corrected chi connectivity index (χ3v) is 1.45. The summed E-state index contributed by atoms with van der Waals surface area (Å²) in [6, 6.07) is 0. The molecule has 0 aromatic heterocycles. The summed E-state index contributed by atoms with van der Waals surface area (Å²) in [6.45, 7) is 1.16. The Labute approximate surface area is 69.5 Å². The van der Waals surface area contributed by atoms with Gasteiger partial charge in [0.2, 0.25) is 5.78 Å². The monoisotopic (exact) mass is 173 g/mol. The van der Waals surface area contributed by atoms with E-state index in [1.807, 2.05) is 0 Å². The highest BCUT2D eigenvalue weighted by molar-refractivity contribution is 6.40. The number of Topliss-reactive ketones (excluding diaryl/α,β-unsaturated/α-hetero) is 2. The fourth-order valence-corrected chi connectivity index (χ4v) is 0.689. The molecule has 0 aliphatic heterocycles. The summed E-state index contributed by atoms with van der Waals surface area (Å²) in [7, 11) is 0. The van der Waals surface area contributed by atoms with E-state index in [1.165, 1.54) is 6.92 Å². The minimum atomic E-state index is -1.38. The number of rotatable bonds is 5. The lowest BCUT2D eigenvalue weighted by atomic mass is 10.0. The number of hydrogen-bond acceptors (Lipinski definition) is 4. The van der Waals surface area contributed by atoms with Crippen LogP contribution in [-0.2, 0) is 14.4 Å². The first-order valence-electron chi connectivity index (χ1n) is 3.54. The van der Waals surface area contributed by atoms with Crippen LogP contribution in [-0.4, -0.2) is 29.2 Å². The summed E-state index contributed by atoms with van der Waals surface area (Å²) >= 11 is 0. The maximum atomic E-state index is 10.9. The topological polar surface area (TPSA) is 97.5 Å². The molecule has 1 unspecified atom stereocenters. The second kappa shape index (κ2) is 4.61. The number of nitrogens with two attached hydrogens (primary N) is 1. The minimum Gasteiger partial charge on any atom is -0.481 e. The van der Waals surface area contributed by atoms with E-state index in [2.05, 4.69) is 0 Å². The van der Waals surface area contributed by atoms with Gasteiger partial charge >= 0.3 is 5.97 Å². The van der Waals surface area contributed by atoms with E-state index in [-0.39, 0.29) is 13.0 Å². The molecule has 0 aliphatic rings. The number of aliphatic carboxylic acids is 1. The standard InChI is InChI=1S/C7H11NO4/c1-2-5(9)6(10)4(3-8)7(11)12/h4H,2-3,8H2,1H3,(H,11,12). The number of carboxylic acids is 1. The molecule has 0 heterocycles. The number of carbonyl (C=O) groups excluding carboxylic acids is 2. The zero-order chi connectivity index (χ0) is 9.72. The molecule has 0 saturated carbocycles. The highest BCUT2D eigenvalue weighted by Crippen LogP contribution is 1.99. The Hall–Kier alpha value is -1.23. The molecule has 68 valence electrons. The normalized spacial score (nSPS) is 12.2. The van der Waals surface area contributed by atoms with Crippen molar-refractivity contribution in [1.29, 1.82) is 0 Å². The van der Waals surface area contributed by atoms with Crippen LogP contribution >= 0.6 is 0 Å². The highest BCUT2D eigenvalue weighted by atomic mass is 16.4. The Bertz CT molecular complexity index is 211. The van der Waals surface area contributed by atoms with Crippen molar-refractivity contribution in [1.82, 2.24) is 0 Å². The Balaban J connectivity index is 4.42. The zero-order valence-electron chi connectivity index (χ0n) is 6.74. The molecule has 0 bridgehead atoms. The summed E-state index contributed by atoms with van der Waals surface area (Å²) in [5, 5.41) is 8.44. The van der Waals surface area contributed by atoms with Crippen molar-refractivity contribution in [3.05, 3.63) is 0 Å². The van der Waals surface area contributed by atoms with Gasteiger partial charge in [-0.15, -0.1) is 0 Å². The molecule has 0 aromatic rings. The van der Waals surface area contributed by atoms with Gasteiger partial charge in [0, 0.05) is 13.0 Å². The molecule has 0 rings (SSSR count). The van der Waals surface area contributed by atoms with Crippen LogP contribution in [0.4, 0.5) is 0 Å². The van der Waals surface area contributed by atoms with Crippen LogP contribution in [0, 0.1) is 5.92 Å². The molecule has 1 atom stereocenters. The molecule has 3 N–H and O–H groups in total. The molecular formula is C7H11NO4. The molecule has 0 aliphatic carbocycles. The lowest BCUT2D eigenvalue weighted by Crippen LogP contribution is -2.35. The summed E-state index contributed by atoms with van der Waals surface area (Å²) < 4.78 is 0. The Morgan fingerprint density at radius 2 is 1.92 bits per heavy atom. The van der Waals surface area contributed by atoms with Gasteiger partial charge < -0.3 is 10.8 Å². The minimum absolute atomic E-state index is 0.0165. The maximum absolute atomic E-state index is 10.9. The van der Waals surface area contributed by atoms with E-state index >= 15 is 0 Å². The predicted molar refractivity (Wildman–Crippen MR) is 40.5 cm³/mol. The predicted octanol–water partition coefficient (Wildman–Crippen LogP) is -0.806. The zero-order valence-corrected chi connectivity index (χ0v) is 6.74. The quantitative estimate of drug-likeness (QED) is 0.418. The lowest BCUT2D eigenvalue weighted by molar-refractivity contribution is -0.149. The average Bonchev–Trinajstić information content (AvgIpc) is 2.03. The SMILES string of the molecule is CCC(=O)C(=O)C(CN)C(=O)O. The van der Waals surface area contributed by atoms with E-state index in [4.69, 9.17) is 10.8 Å². The van der Waals surface area contributed by atoms with Crippen LogP contribution < -0.4 is 5.73 Å². The fourth-order valence-electron chi connectivity index (χ4n) is 0.689. The van der Waals surface area contributed by atoms with Crippen LogP contribution in [0.15, 0.2) is 0 Å². The number of ketones is 2. The summed E-state index contributed by atoms with van der Waals surface area (Å²) in [6.07, 6.45) is 0.0165. The van der Waals surface area contributed by atoms with Crippen LogP contribution in [0.25, 0.3) is 0 Å². The van der Waals surface area contributed by atoms with Gasteiger partial charge in [0.05, 0.1) is 0 Å². The van der Waals surface area contributed by atoms with Gasteiger partial charge in [0.15, 0.2) is 5.78 Å². The smallest absolute Gasteiger partial charge is 0.315 e. The number of carboxylic acid groups (broad SMARTS) is 1. The molecular weight excluding hydrogens is 162 g/mol. The maximum Gasteiger partial charge on any atom is 0.315 e. The number of hydrogen-bond donors (Lipinski definition) is 2. The van der Waals surface area contributed by atoms with E-state index in [0.717, 1.165) is 0 Å². The van der Waals surface area contributed by atoms with Crippen molar-refractivity contribution in [2.24, 2.45) is 11.7 Å². The van der Waals surface area contributed by atoms with E-state index in [9.17, 15) is 14.4 Å². The Kier molecular flexibility index (Phi) is 4.14. The molecule has 0 aromatic carbocycles. The largest absolute Gasteiger partial charge is 0.481 e. The van der Waals surface area contributed by atoms with Gasteiger partial charge in [0.1, 0.15) is 5.92 Å². The molecule has 5 heteroatoms. The van der Waals surface area contributed by atoms with Gasteiger partial charge in [-0.2, -0.15) is 0 Å². The first kappa shape index (κ1) is 10.8. The molecule has 0 fully saturated rings. The summed E-state index contributed by atoms with van der Waals surface area (Å²) in [5.74, 6) is -4.32. The fraction of sp³-hybridized carbons (Fsp3) is 0.571. The van der Waals surface area contributed by atoms with Crippen LogP contribution in [0.5, 0.6) is 0 Å². The van der Waals surface area contributed by atoms with E-state index in [0.29, 0.717) is 0 Å². The second-order valence-corrected chi connectivity index (χ2v) is 2.27. The van der Waals surface area contributed by atoms with Crippen LogP contribution in [0.3, 0.4) is 0 Å². The molecule has 12 heavy (non-hydrogen) atoms. The van der Waals surface area contributed by atoms with Gasteiger partial charge in [-0.1, -0.05) is 6.92 Å². The molecule has 0 spiro atoms. The summed E-state index contributed by atoms with van der Waals surface area (Å²) in [4.78, 5) is 32.0. The molecule has 0 saturated heterocycles. The van der Waals surface area contributed by atoms with Crippen LogP contribution in [0.1, 0.15) is 13.3 Å². The number of carbonyl (C=O) groups is 3. The molecule has 0 amide bonds. The third-order valence-electron chi connectivity index (χ3n) is 1.45. The summed E-state index contributed by atoms with van der Waals surface area (Å²) in [5.41, 5.74) is 5.01. The third kappa shape index (κ3) is 2.43. The van der Waals surface area contributed by atoms with Crippen molar-refractivity contribution in [3.63, 3.8) is 0 Å².